The molecular formula is C13H17ClN2O4. The van der Waals surface area contributed by atoms with Crippen molar-refractivity contribution in [3.8, 4) is 0 Å². The van der Waals surface area contributed by atoms with Crippen LogP contribution in [-0.4, -0.2) is 46.8 Å². The lowest BCUT2D eigenvalue weighted by atomic mass is 10.1. The standard InChI is InChI=1S/C13H17ClN2O4/c1-8(9-5-3-4-6-10(9)14)16(2)13(20)15-11(7-17)12(18)19/h3-6,8,11,17H,7H2,1-2H3,(H,15,20)(H,18,19)/t8?,11-/m0/s1. The molecule has 0 aliphatic carbocycles. The third kappa shape index (κ3) is 3.85. The molecule has 0 aromatic heterocycles. The van der Waals surface area contributed by atoms with Gasteiger partial charge in [-0.15, -0.1) is 0 Å². The lowest BCUT2D eigenvalue weighted by molar-refractivity contribution is -0.140. The molecule has 0 bridgehead atoms. The number of halogens is 1. The fourth-order valence-corrected chi connectivity index (χ4v) is 1.93. The van der Waals surface area contributed by atoms with Crippen molar-refractivity contribution in [1.82, 2.24) is 10.2 Å². The molecule has 110 valence electrons. The first-order valence-corrected chi connectivity index (χ1v) is 6.37. The van der Waals surface area contributed by atoms with Crippen molar-refractivity contribution in [2.75, 3.05) is 13.7 Å². The molecule has 1 aromatic carbocycles. The van der Waals surface area contributed by atoms with Crippen LogP contribution in [0.3, 0.4) is 0 Å². The van der Waals surface area contributed by atoms with Crippen LogP contribution >= 0.6 is 11.6 Å². The first-order chi connectivity index (χ1) is 9.38. The Morgan fingerprint density at radius 2 is 2.00 bits per heavy atom. The number of urea groups is 1. The van der Waals surface area contributed by atoms with E-state index >= 15 is 0 Å². The van der Waals surface area contributed by atoms with E-state index < -0.39 is 24.6 Å². The number of aliphatic carboxylic acids is 1. The zero-order chi connectivity index (χ0) is 15.3. The van der Waals surface area contributed by atoms with Gasteiger partial charge in [0.25, 0.3) is 0 Å². The quantitative estimate of drug-likeness (QED) is 0.768. The Hall–Kier alpha value is -1.79. The molecule has 0 aliphatic rings. The molecule has 1 rings (SSSR count). The third-order valence-corrected chi connectivity index (χ3v) is 3.38. The topological polar surface area (TPSA) is 89.9 Å². The second-order valence-electron chi connectivity index (χ2n) is 4.33. The molecule has 0 heterocycles. The summed E-state index contributed by atoms with van der Waals surface area (Å²) in [6, 6.07) is 4.83. The predicted molar refractivity (Wildman–Crippen MR) is 74.7 cm³/mol. The highest BCUT2D eigenvalue weighted by Gasteiger charge is 2.24. The Kier molecular flexibility index (Phi) is 5.79. The average molecular weight is 301 g/mol. The molecule has 20 heavy (non-hydrogen) atoms. The molecule has 0 spiro atoms. The van der Waals surface area contributed by atoms with E-state index in [0.29, 0.717) is 5.02 Å². The van der Waals surface area contributed by atoms with E-state index in [1.54, 1.807) is 31.2 Å². The lowest BCUT2D eigenvalue weighted by Crippen LogP contribution is -2.48. The van der Waals surface area contributed by atoms with Gasteiger partial charge in [0.2, 0.25) is 0 Å². The van der Waals surface area contributed by atoms with Crippen molar-refractivity contribution < 1.29 is 19.8 Å². The van der Waals surface area contributed by atoms with Crippen molar-refractivity contribution in [1.29, 1.82) is 0 Å². The SMILES string of the molecule is CC(c1ccccc1Cl)N(C)C(=O)N[C@@H](CO)C(=O)O. The number of nitrogens with one attached hydrogen (secondary N) is 1. The minimum absolute atomic E-state index is 0.336. The number of carbonyl (C=O) groups excluding carboxylic acids is 1. The number of aliphatic hydroxyl groups excluding tert-OH is 1. The molecule has 1 unspecified atom stereocenters. The second-order valence-corrected chi connectivity index (χ2v) is 4.74. The maximum absolute atomic E-state index is 11.9. The Labute approximate surface area is 122 Å². The third-order valence-electron chi connectivity index (χ3n) is 3.03. The Morgan fingerprint density at radius 3 is 2.50 bits per heavy atom. The summed E-state index contributed by atoms with van der Waals surface area (Å²) in [6.07, 6.45) is 0. The van der Waals surface area contributed by atoms with E-state index in [0.717, 1.165) is 5.56 Å². The van der Waals surface area contributed by atoms with Gasteiger partial charge in [0, 0.05) is 12.1 Å². The lowest BCUT2D eigenvalue weighted by Gasteiger charge is -2.27. The van der Waals surface area contributed by atoms with Crippen molar-refractivity contribution >= 4 is 23.6 Å². The van der Waals surface area contributed by atoms with Crippen LogP contribution in [-0.2, 0) is 4.79 Å². The maximum Gasteiger partial charge on any atom is 0.328 e. The van der Waals surface area contributed by atoms with Gasteiger partial charge in [-0.2, -0.15) is 0 Å². The van der Waals surface area contributed by atoms with Crippen LogP contribution < -0.4 is 5.32 Å². The fraction of sp³-hybridized carbons (Fsp3) is 0.385. The van der Waals surface area contributed by atoms with Crippen LogP contribution in [0.5, 0.6) is 0 Å². The zero-order valence-electron chi connectivity index (χ0n) is 11.2. The van der Waals surface area contributed by atoms with Crippen LogP contribution in [0.25, 0.3) is 0 Å². The largest absolute Gasteiger partial charge is 0.480 e. The van der Waals surface area contributed by atoms with Gasteiger partial charge in [-0.05, 0) is 18.6 Å². The van der Waals surface area contributed by atoms with Crippen molar-refractivity contribution in [2.45, 2.75) is 19.0 Å². The Balaban J connectivity index is 2.79. The molecule has 0 aliphatic heterocycles. The summed E-state index contributed by atoms with van der Waals surface area (Å²) in [5.74, 6) is -1.29. The molecule has 1 aromatic rings. The molecule has 0 saturated carbocycles. The highest BCUT2D eigenvalue weighted by atomic mass is 35.5. The van der Waals surface area contributed by atoms with Crippen LogP contribution in [0.4, 0.5) is 4.79 Å². The van der Waals surface area contributed by atoms with Crippen LogP contribution in [0.15, 0.2) is 24.3 Å². The first-order valence-electron chi connectivity index (χ1n) is 6.00. The number of benzene rings is 1. The van der Waals surface area contributed by atoms with Gasteiger partial charge < -0.3 is 20.4 Å². The summed E-state index contributed by atoms with van der Waals surface area (Å²) in [6.45, 7) is 1.10. The molecule has 6 nitrogen and oxygen atoms in total. The van der Waals surface area contributed by atoms with E-state index in [-0.39, 0.29) is 6.04 Å². The first kappa shape index (κ1) is 16.3. The minimum atomic E-state index is -1.33. The van der Waals surface area contributed by atoms with Crippen LogP contribution in [0, 0.1) is 0 Å². The minimum Gasteiger partial charge on any atom is -0.480 e. The molecule has 7 heteroatoms. The average Bonchev–Trinajstić information content (AvgIpc) is 2.43. The summed E-state index contributed by atoms with van der Waals surface area (Å²) in [5.41, 5.74) is 0.752. The van der Waals surface area contributed by atoms with E-state index in [9.17, 15) is 9.59 Å². The van der Waals surface area contributed by atoms with E-state index in [1.165, 1.54) is 11.9 Å². The number of hydrogen-bond donors (Lipinski definition) is 3. The van der Waals surface area contributed by atoms with Gasteiger partial charge in [-0.25, -0.2) is 9.59 Å². The number of hydrogen-bond acceptors (Lipinski definition) is 3. The summed E-state index contributed by atoms with van der Waals surface area (Å²) in [5, 5.41) is 20.4. The van der Waals surface area contributed by atoms with E-state index in [4.69, 9.17) is 21.8 Å². The molecule has 0 fully saturated rings. The van der Waals surface area contributed by atoms with Crippen molar-refractivity contribution in [2.24, 2.45) is 0 Å². The van der Waals surface area contributed by atoms with Gasteiger partial charge in [-0.1, -0.05) is 29.8 Å². The molecule has 3 N–H and O–H groups in total. The summed E-state index contributed by atoms with van der Waals surface area (Å²) in [7, 11) is 1.53. The highest BCUT2D eigenvalue weighted by Crippen LogP contribution is 2.26. The molecule has 0 saturated heterocycles. The van der Waals surface area contributed by atoms with Gasteiger partial charge in [0.15, 0.2) is 6.04 Å². The zero-order valence-corrected chi connectivity index (χ0v) is 12.0. The van der Waals surface area contributed by atoms with E-state index in [2.05, 4.69) is 5.32 Å². The number of nitrogens with zero attached hydrogens (tertiary/aromatic N) is 1. The molecule has 2 amide bonds. The summed E-state index contributed by atoms with van der Waals surface area (Å²) >= 11 is 6.06. The number of amides is 2. The summed E-state index contributed by atoms with van der Waals surface area (Å²) < 4.78 is 0. The van der Waals surface area contributed by atoms with Crippen LogP contribution in [0.2, 0.25) is 5.02 Å². The van der Waals surface area contributed by atoms with Crippen molar-refractivity contribution in [3.63, 3.8) is 0 Å². The van der Waals surface area contributed by atoms with Gasteiger partial charge >= 0.3 is 12.0 Å². The fourth-order valence-electron chi connectivity index (χ4n) is 1.63. The van der Waals surface area contributed by atoms with Gasteiger partial charge in [-0.3, -0.25) is 0 Å². The van der Waals surface area contributed by atoms with E-state index in [1.807, 2.05) is 0 Å². The Bertz CT molecular complexity index is 495. The number of carboxylic acid groups (broad SMARTS) is 1. The number of carbonyl (C=O) groups is 2. The molecular weight excluding hydrogens is 284 g/mol. The maximum atomic E-state index is 11.9. The number of carboxylic acids is 1. The number of aliphatic hydroxyl groups is 1. The highest BCUT2D eigenvalue weighted by molar-refractivity contribution is 6.31. The van der Waals surface area contributed by atoms with Gasteiger partial charge in [0.1, 0.15) is 0 Å². The molecule has 2 atom stereocenters. The second kappa shape index (κ2) is 7.12. The monoisotopic (exact) mass is 300 g/mol. The Morgan fingerprint density at radius 1 is 1.40 bits per heavy atom. The molecule has 0 radical (unpaired) electrons. The van der Waals surface area contributed by atoms with Crippen molar-refractivity contribution in [3.05, 3.63) is 34.9 Å². The smallest absolute Gasteiger partial charge is 0.328 e. The summed E-state index contributed by atoms with van der Waals surface area (Å²) in [4.78, 5) is 24.0. The number of rotatable bonds is 5. The van der Waals surface area contributed by atoms with Crippen LogP contribution in [0.1, 0.15) is 18.5 Å². The van der Waals surface area contributed by atoms with Gasteiger partial charge in [0.05, 0.1) is 12.6 Å². The predicted octanol–water partition coefficient (Wildman–Crippen LogP) is 1.49. The normalized spacial score (nSPS) is 13.4.